The van der Waals surface area contributed by atoms with Gasteiger partial charge >= 0.3 is 0 Å². The van der Waals surface area contributed by atoms with Crippen molar-refractivity contribution in [2.45, 2.75) is 43.5 Å². The van der Waals surface area contributed by atoms with E-state index in [4.69, 9.17) is 0 Å². The Labute approximate surface area is 72.6 Å². The summed E-state index contributed by atoms with van der Waals surface area (Å²) < 4.78 is 0.905. The lowest BCUT2D eigenvalue weighted by atomic mass is 10.1. The highest BCUT2D eigenvalue weighted by atomic mass is 127. The minimum atomic E-state index is 0.905. The molecule has 0 rings (SSSR count). The molecule has 0 aliphatic heterocycles. The van der Waals surface area contributed by atoms with Crippen LogP contribution in [0.1, 0.15) is 39.5 Å². The van der Waals surface area contributed by atoms with Crippen molar-refractivity contribution in [3.05, 3.63) is 6.42 Å². The SMILES string of the molecule is C[CH]CCCC(I)CC. The number of hydrogen-bond acceptors (Lipinski definition) is 0. The van der Waals surface area contributed by atoms with Gasteiger partial charge in [0.05, 0.1) is 0 Å². The van der Waals surface area contributed by atoms with E-state index in [-0.39, 0.29) is 0 Å². The average molecular weight is 239 g/mol. The Morgan fingerprint density at radius 2 is 2.22 bits per heavy atom. The van der Waals surface area contributed by atoms with Crippen molar-refractivity contribution >= 4 is 22.6 Å². The van der Waals surface area contributed by atoms with Gasteiger partial charge in [-0.1, -0.05) is 49.3 Å². The molecule has 0 N–H and O–H groups in total. The molecule has 0 amide bonds. The molecule has 0 saturated heterocycles. The van der Waals surface area contributed by atoms with E-state index in [1.54, 1.807) is 0 Å². The van der Waals surface area contributed by atoms with Gasteiger partial charge in [0.15, 0.2) is 0 Å². The highest BCUT2D eigenvalue weighted by Crippen LogP contribution is 2.13. The number of rotatable bonds is 5. The first-order valence-electron chi connectivity index (χ1n) is 3.73. The van der Waals surface area contributed by atoms with Gasteiger partial charge in [-0.05, 0) is 19.3 Å². The molecule has 0 aromatic carbocycles. The molecule has 0 aliphatic carbocycles. The summed E-state index contributed by atoms with van der Waals surface area (Å²) in [5.74, 6) is 0. The topological polar surface area (TPSA) is 0 Å². The van der Waals surface area contributed by atoms with Crippen LogP contribution in [0.25, 0.3) is 0 Å². The van der Waals surface area contributed by atoms with Gasteiger partial charge in [0.1, 0.15) is 0 Å². The summed E-state index contributed by atoms with van der Waals surface area (Å²) in [6, 6.07) is 0. The fraction of sp³-hybridized carbons (Fsp3) is 0.875. The lowest BCUT2D eigenvalue weighted by Gasteiger charge is -2.03. The van der Waals surface area contributed by atoms with Crippen LogP contribution in [0.4, 0.5) is 0 Å². The minimum absolute atomic E-state index is 0.905. The van der Waals surface area contributed by atoms with Gasteiger partial charge in [0, 0.05) is 3.92 Å². The van der Waals surface area contributed by atoms with Gasteiger partial charge in [0.25, 0.3) is 0 Å². The molecule has 9 heavy (non-hydrogen) atoms. The maximum atomic E-state index is 2.53. The first-order valence-corrected chi connectivity index (χ1v) is 4.97. The van der Waals surface area contributed by atoms with Crippen LogP contribution in [0.3, 0.4) is 0 Å². The smallest absolute Gasteiger partial charge is 0.0107 e. The van der Waals surface area contributed by atoms with E-state index in [2.05, 4.69) is 42.9 Å². The van der Waals surface area contributed by atoms with Gasteiger partial charge in [0.2, 0.25) is 0 Å². The molecule has 0 fully saturated rings. The molecular weight excluding hydrogens is 223 g/mol. The van der Waals surface area contributed by atoms with Crippen LogP contribution in [-0.2, 0) is 0 Å². The van der Waals surface area contributed by atoms with Crippen molar-refractivity contribution in [2.24, 2.45) is 0 Å². The molecule has 0 bridgehead atoms. The lowest BCUT2D eigenvalue weighted by Crippen LogP contribution is -1.93. The average Bonchev–Trinajstić information content (AvgIpc) is 1.89. The highest BCUT2D eigenvalue weighted by Gasteiger charge is 1.97. The van der Waals surface area contributed by atoms with Gasteiger partial charge in [-0.15, -0.1) is 0 Å². The Morgan fingerprint density at radius 1 is 1.56 bits per heavy atom. The zero-order valence-electron chi connectivity index (χ0n) is 6.36. The van der Waals surface area contributed by atoms with Gasteiger partial charge in [-0.25, -0.2) is 0 Å². The van der Waals surface area contributed by atoms with Gasteiger partial charge in [-0.2, -0.15) is 0 Å². The van der Waals surface area contributed by atoms with Crippen molar-refractivity contribution in [3.63, 3.8) is 0 Å². The Bertz CT molecular complexity index is 52.5. The molecule has 0 heterocycles. The van der Waals surface area contributed by atoms with E-state index < -0.39 is 0 Å². The van der Waals surface area contributed by atoms with Crippen molar-refractivity contribution in [2.75, 3.05) is 0 Å². The van der Waals surface area contributed by atoms with Crippen LogP contribution in [0.2, 0.25) is 0 Å². The molecule has 1 atom stereocenters. The second-order valence-electron chi connectivity index (χ2n) is 2.34. The van der Waals surface area contributed by atoms with Crippen LogP contribution in [-0.4, -0.2) is 3.92 Å². The van der Waals surface area contributed by atoms with Crippen molar-refractivity contribution in [3.8, 4) is 0 Å². The van der Waals surface area contributed by atoms with E-state index in [1.807, 2.05) is 0 Å². The molecular formula is C8H16I. The van der Waals surface area contributed by atoms with Crippen molar-refractivity contribution < 1.29 is 0 Å². The summed E-state index contributed by atoms with van der Waals surface area (Å²) in [7, 11) is 0. The summed E-state index contributed by atoms with van der Waals surface area (Å²) >= 11 is 2.53. The molecule has 0 saturated carbocycles. The highest BCUT2D eigenvalue weighted by molar-refractivity contribution is 14.1. The van der Waals surface area contributed by atoms with Crippen LogP contribution >= 0.6 is 22.6 Å². The van der Waals surface area contributed by atoms with Crippen LogP contribution < -0.4 is 0 Å². The third-order valence-electron chi connectivity index (χ3n) is 1.45. The summed E-state index contributed by atoms with van der Waals surface area (Å²) in [6.45, 7) is 4.39. The third-order valence-corrected chi connectivity index (χ3v) is 2.96. The zero-order valence-corrected chi connectivity index (χ0v) is 8.52. The van der Waals surface area contributed by atoms with Crippen molar-refractivity contribution in [1.82, 2.24) is 0 Å². The second kappa shape index (κ2) is 6.84. The Hall–Kier alpha value is 0.730. The van der Waals surface area contributed by atoms with Crippen LogP contribution in [0, 0.1) is 6.42 Å². The normalized spacial score (nSPS) is 13.7. The lowest BCUT2D eigenvalue weighted by molar-refractivity contribution is 0.693. The molecule has 1 heteroatoms. The number of hydrogen-bond donors (Lipinski definition) is 0. The van der Waals surface area contributed by atoms with Gasteiger partial charge < -0.3 is 0 Å². The summed E-state index contributed by atoms with van der Waals surface area (Å²) in [4.78, 5) is 0. The van der Waals surface area contributed by atoms with Crippen LogP contribution in [0.15, 0.2) is 0 Å². The fourth-order valence-electron chi connectivity index (χ4n) is 0.748. The Morgan fingerprint density at radius 3 is 2.67 bits per heavy atom. The fourth-order valence-corrected chi connectivity index (χ4v) is 1.19. The van der Waals surface area contributed by atoms with E-state index in [9.17, 15) is 0 Å². The molecule has 1 unspecified atom stereocenters. The quantitative estimate of drug-likeness (QED) is 0.390. The maximum Gasteiger partial charge on any atom is 0.0107 e. The van der Waals surface area contributed by atoms with E-state index in [1.165, 1.54) is 25.7 Å². The molecule has 0 aromatic heterocycles. The van der Waals surface area contributed by atoms with Crippen molar-refractivity contribution in [1.29, 1.82) is 0 Å². The molecule has 0 aromatic rings. The summed E-state index contributed by atoms with van der Waals surface area (Å²) in [6.07, 6.45) is 7.63. The summed E-state index contributed by atoms with van der Waals surface area (Å²) in [5.41, 5.74) is 0. The predicted octanol–water partition coefficient (Wildman–Crippen LogP) is 3.59. The van der Waals surface area contributed by atoms with E-state index in [0.717, 1.165) is 3.92 Å². The van der Waals surface area contributed by atoms with E-state index >= 15 is 0 Å². The summed E-state index contributed by atoms with van der Waals surface area (Å²) in [5, 5.41) is 0. The van der Waals surface area contributed by atoms with Gasteiger partial charge in [-0.3, -0.25) is 0 Å². The largest absolute Gasteiger partial charge is 0.0826 e. The maximum absolute atomic E-state index is 2.53. The predicted molar refractivity (Wildman–Crippen MR) is 51.9 cm³/mol. The third kappa shape index (κ3) is 6.62. The van der Waals surface area contributed by atoms with Crippen LogP contribution in [0.5, 0.6) is 0 Å². The first kappa shape index (κ1) is 9.73. The van der Waals surface area contributed by atoms with E-state index in [0.29, 0.717) is 0 Å². The molecule has 55 valence electrons. The Kier molecular flexibility index (Phi) is 7.40. The molecule has 1 radical (unpaired) electrons. The Balaban J connectivity index is 2.88. The standard InChI is InChI=1S/C8H16I/c1-3-5-6-7-8(9)4-2/h3,8H,4-7H2,1-2H3. The molecule has 0 nitrogen and oxygen atoms in total. The number of unbranched alkanes of at least 4 members (excludes halogenated alkanes) is 2. The number of alkyl halides is 1. The zero-order chi connectivity index (χ0) is 7.11. The number of halogens is 1. The monoisotopic (exact) mass is 239 g/mol. The minimum Gasteiger partial charge on any atom is -0.0826 e. The first-order chi connectivity index (χ1) is 4.31. The molecule has 0 aliphatic rings. The second-order valence-corrected chi connectivity index (χ2v) is 4.11. The molecule has 0 spiro atoms.